The molecule has 2 heterocycles. The molecule has 1 aliphatic heterocycles. The fourth-order valence-electron chi connectivity index (χ4n) is 3.94. The first-order valence-corrected chi connectivity index (χ1v) is 9.32. The van der Waals surface area contributed by atoms with Crippen LogP contribution < -0.4 is 0 Å². The van der Waals surface area contributed by atoms with Crippen LogP contribution in [0.5, 0.6) is 5.75 Å². The van der Waals surface area contributed by atoms with Crippen molar-refractivity contribution in [1.29, 1.82) is 0 Å². The van der Waals surface area contributed by atoms with Crippen LogP contribution in [0.1, 0.15) is 55.8 Å². The number of benzene rings is 1. The Balaban J connectivity index is 1.39. The summed E-state index contributed by atoms with van der Waals surface area (Å²) in [5, 5.41) is 9.42. The topological polar surface area (TPSA) is 41.3 Å². The van der Waals surface area contributed by atoms with Crippen LogP contribution in [0.3, 0.4) is 0 Å². The van der Waals surface area contributed by atoms with E-state index in [1.54, 1.807) is 12.1 Å². The molecule has 24 heavy (non-hydrogen) atoms. The zero-order valence-electron chi connectivity index (χ0n) is 14.3. The summed E-state index contributed by atoms with van der Waals surface area (Å²) in [6.07, 6.45) is 12.9. The van der Waals surface area contributed by atoms with Crippen LogP contribution in [0.2, 0.25) is 0 Å². The number of rotatable bonds is 6. The van der Waals surface area contributed by atoms with E-state index >= 15 is 0 Å². The Kier molecular flexibility index (Phi) is 4.56. The lowest BCUT2D eigenvalue weighted by molar-refractivity contribution is 0.129. The number of phenols is 1. The average molecular weight is 325 g/mol. The van der Waals surface area contributed by atoms with Gasteiger partial charge in [0.2, 0.25) is 0 Å². The summed E-state index contributed by atoms with van der Waals surface area (Å²) in [7, 11) is 0. The largest absolute Gasteiger partial charge is 0.508 e. The van der Waals surface area contributed by atoms with Gasteiger partial charge in [0.25, 0.3) is 0 Å². The highest BCUT2D eigenvalue weighted by atomic mass is 16.3. The van der Waals surface area contributed by atoms with Crippen molar-refractivity contribution in [2.75, 3.05) is 6.54 Å². The molecule has 128 valence electrons. The van der Waals surface area contributed by atoms with Gasteiger partial charge in [-0.2, -0.15) is 0 Å². The Labute approximate surface area is 144 Å². The Morgan fingerprint density at radius 3 is 2.71 bits per heavy atom. The first-order chi connectivity index (χ1) is 11.8. The van der Waals surface area contributed by atoms with E-state index in [4.69, 9.17) is 0 Å². The van der Waals surface area contributed by atoms with Crippen molar-refractivity contribution in [3.8, 4) is 5.75 Å². The lowest BCUT2D eigenvalue weighted by Crippen LogP contribution is -2.39. The molecule has 4 heteroatoms. The Bertz CT molecular complexity index is 660. The molecule has 2 fully saturated rings. The maximum absolute atomic E-state index is 9.42. The van der Waals surface area contributed by atoms with Crippen molar-refractivity contribution < 1.29 is 5.11 Å². The van der Waals surface area contributed by atoms with E-state index < -0.39 is 0 Å². The zero-order chi connectivity index (χ0) is 16.4. The van der Waals surface area contributed by atoms with Gasteiger partial charge in [0, 0.05) is 24.8 Å². The lowest BCUT2D eigenvalue weighted by atomic mass is 9.95. The summed E-state index contributed by atoms with van der Waals surface area (Å²) in [4.78, 5) is 7.05. The Hall–Kier alpha value is -1.81. The van der Waals surface area contributed by atoms with Gasteiger partial charge >= 0.3 is 0 Å². The van der Waals surface area contributed by atoms with E-state index in [0.717, 1.165) is 13.0 Å². The monoisotopic (exact) mass is 325 g/mol. The van der Waals surface area contributed by atoms with Crippen LogP contribution in [0.15, 0.2) is 36.8 Å². The van der Waals surface area contributed by atoms with E-state index in [-0.39, 0.29) is 0 Å². The lowest BCUT2D eigenvalue weighted by Gasteiger charge is -2.36. The van der Waals surface area contributed by atoms with Crippen LogP contribution in [0.4, 0.5) is 0 Å². The maximum atomic E-state index is 9.42. The van der Waals surface area contributed by atoms with Gasteiger partial charge in [0.05, 0.1) is 12.0 Å². The number of likely N-dealkylation sites (tertiary alicyclic amines) is 1. The first-order valence-electron chi connectivity index (χ1n) is 9.32. The molecule has 1 atom stereocenters. The second-order valence-corrected chi connectivity index (χ2v) is 7.35. The minimum Gasteiger partial charge on any atom is -0.508 e. The summed E-state index contributed by atoms with van der Waals surface area (Å²) in [6, 6.07) is 9.05. The quantitative estimate of drug-likeness (QED) is 0.875. The third-order valence-corrected chi connectivity index (χ3v) is 5.50. The van der Waals surface area contributed by atoms with Crippen LogP contribution >= 0.6 is 0 Å². The second kappa shape index (κ2) is 6.98. The first kappa shape index (κ1) is 15.7. The van der Waals surface area contributed by atoms with Crippen molar-refractivity contribution in [1.82, 2.24) is 14.5 Å². The zero-order valence-corrected chi connectivity index (χ0v) is 14.3. The minimum atomic E-state index is 0.353. The van der Waals surface area contributed by atoms with Crippen molar-refractivity contribution >= 4 is 0 Å². The highest BCUT2D eigenvalue weighted by molar-refractivity contribution is 5.26. The molecule has 1 N–H and O–H groups in total. The summed E-state index contributed by atoms with van der Waals surface area (Å²) >= 11 is 0. The van der Waals surface area contributed by atoms with E-state index in [2.05, 4.69) is 20.6 Å². The SMILES string of the molecule is Oc1ccc(CC[C@H]2CCCCN2Cc2cncn2C2CC2)cc1. The molecule has 0 unspecified atom stereocenters. The number of nitrogens with zero attached hydrogens (tertiary/aromatic N) is 3. The van der Waals surface area contributed by atoms with Gasteiger partial charge in [0.1, 0.15) is 5.75 Å². The molecule has 1 aromatic heterocycles. The molecule has 1 aromatic carbocycles. The number of phenolic OH excluding ortho intramolecular Hbond substituents is 1. The van der Waals surface area contributed by atoms with E-state index in [1.807, 2.05) is 18.5 Å². The van der Waals surface area contributed by atoms with Crippen LogP contribution in [-0.4, -0.2) is 32.1 Å². The van der Waals surface area contributed by atoms with Gasteiger partial charge in [-0.3, -0.25) is 4.90 Å². The molecule has 0 spiro atoms. The van der Waals surface area contributed by atoms with Gasteiger partial charge in [-0.15, -0.1) is 0 Å². The predicted molar refractivity (Wildman–Crippen MR) is 95.0 cm³/mol. The number of aryl methyl sites for hydroxylation is 1. The van der Waals surface area contributed by atoms with Crippen molar-refractivity contribution in [3.05, 3.63) is 48.0 Å². The molecule has 4 rings (SSSR count). The summed E-state index contributed by atoms with van der Waals surface area (Å²) < 4.78 is 2.39. The third-order valence-electron chi connectivity index (χ3n) is 5.50. The van der Waals surface area contributed by atoms with Crippen molar-refractivity contribution in [2.45, 2.75) is 63.6 Å². The number of hydrogen-bond acceptors (Lipinski definition) is 3. The van der Waals surface area contributed by atoms with Gasteiger partial charge in [-0.25, -0.2) is 4.98 Å². The highest BCUT2D eigenvalue weighted by Gasteiger charge is 2.28. The molecule has 2 aliphatic rings. The van der Waals surface area contributed by atoms with Gasteiger partial charge in [-0.05, 0) is 62.8 Å². The number of hydrogen-bond donors (Lipinski definition) is 1. The van der Waals surface area contributed by atoms with Crippen molar-refractivity contribution in [3.63, 3.8) is 0 Å². The molecule has 1 saturated heterocycles. The molecule has 1 saturated carbocycles. The number of aromatic nitrogens is 2. The summed E-state index contributed by atoms with van der Waals surface area (Å²) in [6.45, 7) is 2.24. The molecule has 0 radical (unpaired) electrons. The number of imidazole rings is 1. The standard InChI is InChI=1S/C20H27N3O/c24-20-10-5-16(6-11-20)4-7-17-3-1-2-12-22(17)14-19-13-21-15-23(19)18-8-9-18/h5-6,10-11,13,15,17-18,24H,1-4,7-9,12,14H2/t17-/m1/s1. The summed E-state index contributed by atoms with van der Waals surface area (Å²) in [5.74, 6) is 0.353. The van der Waals surface area contributed by atoms with Gasteiger partial charge < -0.3 is 9.67 Å². The highest BCUT2D eigenvalue weighted by Crippen LogP contribution is 2.36. The van der Waals surface area contributed by atoms with Crippen LogP contribution in [-0.2, 0) is 13.0 Å². The third kappa shape index (κ3) is 3.64. The molecule has 1 aliphatic carbocycles. The predicted octanol–water partition coefficient (Wildman–Crippen LogP) is 3.91. The number of piperidine rings is 1. The average Bonchev–Trinajstić information content (AvgIpc) is 3.35. The fraction of sp³-hybridized carbons (Fsp3) is 0.550. The molecule has 2 aromatic rings. The molecule has 0 amide bonds. The summed E-state index contributed by atoms with van der Waals surface area (Å²) in [5.41, 5.74) is 2.70. The van der Waals surface area contributed by atoms with E-state index in [0.29, 0.717) is 17.8 Å². The molecule has 4 nitrogen and oxygen atoms in total. The van der Waals surface area contributed by atoms with E-state index in [1.165, 1.54) is 56.3 Å². The maximum Gasteiger partial charge on any atom is 0.115 e. The van der Waals surface area contributed by atoms with E-state index in [9.17, 15) is 5.11 Å². The van der Waals surface area contributed by atoms with Gasteiger partial charge in [0.15, 0.2) is 0 Å². The normalized spacial score (nSPS) is 21.9. The Morgan fingerprint density at radius 1 is 1.08 bits per heavy atom. The smallest absolute Gasteiger partial charge is 0.115 e. The van der Waals surface area contributed by atoms with Crippen LogP contribution in [0, 0.1) is 0 Å². The molecular formula is C20H27N3O. The van der Waals surface area contributed by atoms with Crippen LogP contribution in [0.25, 0.3) is 0 Å². The molecule has 0 bridgehead atoms. The minimum absolute atomic E-state index is 0.353. The molecular weight excluding hydrogens is 298 g/mol. The van der Waals surface area contributed by atoms with Crippen molar-refractivity contribution in [2.24, 2.45) is 0 Å². The fourth-order valence-corrected chi connectivity index (χ4v) is 3.94. The number of aromatic hydroxyl groups is 1. The Morgan fingerprint density at radius 2 is 1.92 bits per heavy atom. The second-order valence-electron chi connectivity index (χ2n) is 7.35. The van der Waals surface area contributed by atoms with Gasteiger partial charge in [-0.1, -0.05) is 18.6 Å².